The highest BCUT2D eigenvalue weighted by Crippen LogP contribution is 2.08. The summed E-state index contributed by atoms with van der Waals surface area (Å²) in [6.07, 6.45) is 4.07. The lowest BCUT2D eigenvalue weighted by molar-refractivity contribution is 0.803. The number of benzene rings is 1. The van der Waals surface area contributed by atoms with Gasteiger partial charge in [0.05, 0.1) is 23.1 Å². The minimum atomic E-state index is 0.503. The van der Waals surface area contributed by atoms with Crippen molar-refractivity contribution >= 4 is 17.2 Å². The van der Waals surface area contributed by atoms with Crippen molar-refractivity contribution in [2.24, 2.45) is 5.73 Å². The highest BCUT2D eigenvalue weighted by Gasteiger charge is 1.98. The second-order valence-corrected chi connectivity index (χ2v) is 3.68. The van der Waals surface area contributed by atoms with E-state index < -0.39 is 0 Å². The summed E-state index contributed by atoms with van der Waals surface area (Å²) < 4.78 is 1.70. The molecule has 0 aliphatic heterocycles. The summed E-state index contributed by atoms with van der Waals surface area (Å²) in [5.74, 6) is 0. The molecule has 76 valence electrons. The van der Waals surface area contributed by atoms with Gasteiger partial charge in [-0.2, -0.15) is 0 Å². The lowest BCUT2D eigenvalue weighted by atomic mass is 10.1. The van der Waals surface area contributed by atoms with Crippen molar-refractivity contribution < 1.29 is 0 Å². The summed E-state index contributed by atoms with van der Waals surface area (Å²) in [7, 11) is 0. The zero-order valence-corrected chi connectivity index (χ0v) is 8.81. The molecule has 2 N–H and O–H groups in total. The van der Waals surface area contributed by atoms with E-state index in [0.29, 0.717) is 11.4 Å². The third kappa shape index (κ3) is 2.38. The third-order valence-corrected chi connectivity index (χ3v) is 2.15. The monoisotopic (exact) mass is 218 g/mol. The van der Waals surface area contributed by atoms with Crippen molar-refractivity contribution in [2.75, 3.05) is 0 Å². The Bertz CT molecular complexity index is 447. The minimum absolute atomic E-state index is 0.503. The van der Waals surface area contributed by atoms with Crippen LogP contribution in [0.5, 0.6) is 0 Å². The van der Waals surface area contributed by atoms with E-state index in [1.807, 2.05) is 24.3 Å². The Morgan fingerprint density at radius 2 is 2.07 bits per heavy atom. The third-order valence-electron chi connectivity index (χ3n) is 2.00. The molecule has 0 saturated carbocycles. The predicted molar refractivity (Wildman–Crippen MR) is 61.8 cm³/mol. The maximum atomic E-state index is 5.46. The van der Waals surface area contributed by atoms with Gasteiger partial charge in [-0.05, 0) is 17.7 Å². The molecule has 0 aliphatic carbocycles. The molecular formula is C10H10N4S. The molecule has 15 heavy (non-hydrogen) atoms. The summed E-state index contributed by atoms with van der Waals surface area (Å²) in [5, 5.41) is 7.63. The van der Waals surface area contributed by atoms with Crippen LogP contribution in [0, 0.1) is 0 Å². The first-order valence-corrected chi connectivity index (χ1v) is 4.90. The second-order valence-electron chi connectivity index (χ2n) is 3.16. The van der Waals surface area contributed by atoms with Gasteiger partial charge in [-0.25, -0.2) is 4.68 Å². The maximum Gasteiger partial charge on any atom is 0.0771 e. The molecule has 0 radical (unpaired) electrons. The van der Waals surface area contributed by atoms with Crippen LogP contribution in [0.4, 0.5) is 0 Å². The zero-order valence-electron chi connectivity index (χ0n) is 8.00. The summed E-state index contributed by atoms with van der Waals surface area (Å²) in [6.45, 7) is 0. The topological polar surface area (TPSA) is 56.7 Å². The molecule has 0 amide bonds. The molecule has 0 unspecified atom stereocenters. The fourth-order valence-electron chi connectivity index (χ4n) is 1.31. The Labute approximate surface area is 92.7 Å². The number of rotatable bonds is 3. The summed E-state index contributed by atoms with van der Waals surface area (Å²) in [4.78, 5) is 0.503. The van der Waals surface area contributed by atoms with Gasteiger partial charge in [-0.15, -0.1) is 5.10 Å². The fourth-order valence-corrected chi connectivity index (χ4v) is 1.48. The molecule has 0 aliphatic rings. The molecule has 0 atom stereocenters. The van der Waals surface area contributed by atoms with Crippen LogP contribution in [0.3, 0.4) is 0 Å². The van der Waals surface area contributed by atoms with Gasteiger partial charge in [-0.3, -0.25) is 0 Å². The first-order valence-electron chi connectivity index (χ1n) is 4.49. The molecule has 0 fully saturated rings. The molecule has 5 heteroatoms. The van der Waals surface area contributed by atoms with Gasteiger partial charge in [0.25, 0.3) is 0 Å². The number of hydrogen-bond donors (Lipinski definition) is 1. The molecule has 1 heterocycles. The van der Waals surface area contributed by atoms with Crippen molar-refractivity contribution in [3.8, 4) is 5.69 Å². The minimum Gasteiger partial charge on any atom is -0.393 e. The van der Waals surface area contributed by atoms with Gasteiger partial charge in [0.1, 0.15) is 0 Å². The van der Waals surface area contributed by atoms with Gasteiger partial charge >= 0.3 is 0 Å². The van der Waals surface area contributed by atoms with E-state index in [1.54, 1.807) is 17.1 Å². The van der Waals surface area contributed by atoms with Crippen LogP contribution in [0.15, 0.2) is 36.7 Å². The Hall–Kier alpha value is -1.75. The number of nitrogens with two attached hydrogens (primary N) is 1. The van der Waals surface area contributed by atoms with E-state index in [-0.39, 0.29) is 0 Å². The van der Waals surface area contributed by atoms with E-state index >= 15 is 0 Å². The predicted octanol–water partition coefficient (Wildman–Crippen LogP) is 1.10. The number of thiocarbonyl (C=S) groups is 1. The van der Waals surface area contributed by atoms with Crippen molar-refractivity contribution in [1.82, 2.24) is 15.0 Å². The normalized spacial score (nSPS) is 10.1. The van der Waals surface area contributed by atoms with E-state index in [0.717, 1.165) is 11.3 Å². The quantitative estimate of drug-likeness (QED) is 0.784. The molecule has 2 rings (SSSR count). The van der Waals surface area contributed by atoms with Crippen LogP contribution in [0.25, 0.3) is 5.69 Å². The Kier molecular flexibility index (Phi) is 2.73. The van der Waals surface area contributed by atoms with Crippen LogP contribution < -0.4 is 5.73 Å². The zero-order chi connectivity index (χ0) is 10.7. The number of hydrogen-bond acceptors (Lipinski definition) is 3. The molecule has 1 aromatic heterocycles. The highest BCUT2D eigenvalue weighted by molar-refractivity contribution is 7.80. The van der Waals surface area contributed by atoms with Gasteiger partial charge in [0.15, 0.2) is 0 Å². The molecule has 2 aromatic rings. The first-order chi connectivity index (χ1) is 7.25. The van der Waals surface area contributed by atoms with E-state index in [9.17, 15) is 0 Å². The van der Waals surface area contributed by atoms with Gasteiger partial charge in [0, 0.05) is 6.42 Å². The summed E-state index contributed by atoms with van der Waals surface area (Å²) in [5.41, 5.74) is 7.54. The molecule has 0 saturated heterocycles. The van der Waals surface area contributed by atoms with E-state index in [2.05, 4.69) is 10.3 Å². The Morgan fingerprint density at radius 1 is 1.33 bits per heavy atom. The Morgan fingerprint density at radius 3 is 2.60 bits per heavy atom. The molecular weight excluding hydrogens is 208 g/mol. The number of aromatic nitrogens is 3. The van der Waals surface area contributed by atoms with Crippen LogP contribution in [-0.4, -0.2) is 20.0 Å². The van der Waals surface area contributed by atoms with Crippen LogP contribution in [0.2, 0.25) is 0 Å². The van der Waals surface area contributed by atoms with E-state index in [4.69, 9.17) is 18.0 Å². The van der Waals surface area contributed by atoms with Crippen molar-refractivity contribution in [3.05, 3.63) is 42.2 Å². The van der Waals surface area contributed by atoms with Crippen molar-refractivity contribution in [3.63, 3.8) is 0 Å². The fraction of sp³-hybridized carbons (Fsp3) is 0.100. The van der Waals surface area contributed by atoms with Gasteiger partial charge in [-0.1, -0.05) is 29.6 Å². The van der Waals surface area contributed by atoms with Crippen molar-refractivity contribution in [1.29, 1.82) is 0 Å². The first kappa shape index (κ1) is 9.79. The van der Waals surface area contributed by atoms with Gasteiger partial charge < -0.3 is 5.73 Å². The molecule has 1 aromatic carbocycles. The number of nitrogens with zero attached hydrogens (tertiary/aromatic N) is 3. The van der Waals surface area contributed by atoms with E-state index in [1.165, 1.54) is 0 Å². The largest absolute Gasteiger partial charge is 0.393 e. The smallest absolute Gasteiger partial charge is 0.0771 e. The molecule has 4 nitrogen and oxygen atoms in total. The van der Waals surface area contributed by atoms with Crippen LogP contribution in [-0.2, 0) is 6.42 Å². The van der Waals surface area contributed by atoms with Crippen LogP contribution in [0.1, 0.15) is 5.56 Å². The van der Waals surface area contributed by atoms with Gasteiger partial charge in [0.2, 0.25) is 0 Å². The van der Waals surface area contributed by atoms with Crippen molar-refractivity contribution in [2.45, 2.75) is 6.42 Å². The molecule has 0 bridgehead atoms. The SMILES string of the molecule is NC(=S)Cc1ccc(-n2ccnn2)cc1. The highest BCUT2D eigenvalue weighted by atomic mass is 32.1. The van der Waals surface area contributed by atoms with Crippen LogP contribution >= 0.6 is 12.2 Å². The average Bonchev–Trinajstić information content (AvgIpc) is 2.71. The molecule has 0 spiro atoms. The average molecular weight is 218 g/mol. The lowest BCUT2D eigenvalue weighted by Crippen LogP contribution is -2.10. The second kappa shape index (κ2) is 4.18. The Balaban J connectivity index is 2.21. The maximum absolute atomic E-state index is 5.46. The standard InChI is InChI=1S/C10H10N4S/c11-10(15)7-8-1-3-9(4-2-8)14-6-5-12-13-14/h1-6H,7H2,(H2,11,15). The lowest BCUT2D eigenvalue weighted by Gasteiger charge is -2.02. The summed E-state index contributed by atoms with van der Waals surface area (Å²) >= 11 is 4.84. The summed E-state index contributed by atoms with van der Waals surface area (Å²) in [6, 6.07) is 7.89.